The summed E-state index contributed by atoms with van der Waals surface area (Å²) < 4.78 is 48.5. The molecule has 0 spiro atoms. The molecule has 66 valence electrons. The number of benzene rings is 1. The molecule has 0 amide bonds. The number of halogens is 4. The van der Waals surface area contributed by atoms with Crippen LogP contribution in [0.5, 0.6) is 0 Å². The summed E-state index contributed by atoms with van der Waals surface area (Å²) in [5.74, 6) is -2.52. The Morgan fingerprint density at radius 2 is 1.75 bits per heavy atom. The first-order valence-electron chi connectivity index (χ1n) is 2.89. The highest BCUT2D eigenvalue weighted by Gasteiger charge is 2.15. The maximum atomic E-state index is 12.6. The van der Waals surface area contributed by atoms with Crippen molar-refractivity contribution >= 4 is 11.4 Å². The third kappa shape index (κ3) is 1.27. The molecule has 1 rings (SSSR count). The third-order valence-corrected chi connectivity index (χ3v) is 1.29. The Kier molecular flexibility index (Phi) is 2.07. The fraction of sp³-hybridized carbons (Fsp3) is 0. The standard InChI is InChI=1S/C6H4F4N2/c7-3-1-2-4(12(9)10)5(8)6(3)11/h1-2H,11H2. The fourth-order valence-corrected chi connectivity index (χ4v) is 0.688. The van der Waals surface area contributed by atoms with Gasteiger partial charge in [0.1, 0.15) is 17.2 Å². The molecule has 12 heavy (non-hydrogen) atoms. The van der Waals surface area contributed by atoms with Gasteiger partial charge in [0, 0.05) is 0 Å². The molecule has 0 aliphatic rings. The lowest BCUT2D eigenvalue weighted by Gasteiger charge is -2.05. The Bertz CT molecular complexity index is 300. The average Bonchev–Trinajstić information content (AvgIpc) is 2.00. The molecular formula is C6H4F4N2. The van der Waals surface area contributed by atoms with Gasteiger partial charge in [-0.25, -0.2) is 8.78 Å². The molecule has 0 fully saturated rings. The number of hydrogen-bond acceptors (Lipinski definition) is 2. The van der Waals surface area contributed by atoms with Gasteiger partial charge in [0.05, 0.1) is 0 Å². The van der Waals surface area contributed by atoms with Crippen molar-refractivity contribution in [1.29, 1.82) is 0 Å². The van der Waals surface area contributed by atoms with Crippen molar-refractivity contribution in [2.75, 3.05) is 11.1 Å². The van der Waals surface area contributed by atoms with Gasteiger partial charge in [-0.15, -0.1) is 0 Å². The van der Waals surface area contributed by atoms with Gasteiger partial charge in [-0.2, -0.15) is 0 Å². The minimum absolute atomic E-state index is 0.598. The van der Waals surface area contributed by atoms with E-state index in [1.165, 1.54) is 0 Å². The van der Waals surface area contributed by atoms with E-state index in [9.17, 15) is 17.7 Å². The number of rotatable bonds is 1. The number of nitrogens with zero attached hydrogens (tertiary/aromatic N) is 1. The Hall–Kier alpha value is -1.46. The van der Waals surface area contributed by atoms with Crippen molar-refractivity contribution in [3.63, 3.8) is 0 Å². The SMILES string of the molecule is Nc1c(F)ccc(N(F)F)c1F. The molecule has 0 saturated heterocycles. The summed E-state index contributed by atoms with van der Waals surface area (Å²) >= 11 is 0. The van der Waals surface area contributed by atoms with E-state index in [1.54, 1.807) is 0 Å². The quantitative estimate of drug-likeness (QED) is 0.407. The second-order valence-electron chi connectivity index (χ2n) is 2.03. The molecule has 0 aliphatic heterocycles. The molecule has 0 atom stereocenters. The van der Waals surface area contributed by atoms with Crippen LogP contribution in [0.15, 0.2) is 12.1 Å². The largest absolute Gasteiger partial charge is 0.394 e. The van der Waals surface area contributed by atoms with Crippen LogP contribution in [0.4, 0.5) is 29.1 Å². The minimum atomic E-state index is -1.47. The smallest absolute Gasteiger partial charge is 0.178 e. The second-order valence-corrected chi connectivity index (χ2v) is 2.03. The Morgan fingerprint density at radius 3 is 2.25 bits per heavy atom. The summed E-state index contributed by atoms with van der Waals surface area (Å²) in [7, 11) is 0. The zero-order valence-electron chi connectivity index (χ0n) is 5.69. The second kappa shape index (κ2) is 2.88. The lowest BCUT2D eigenvalue weighted by Crippen LogP contribution is -2.03. The van der Waals surface area contributed by atoms with Crippen LogP contribution >= 0.6 is 0 Å². The van der Waals surface area contributed by atoms with Crippen molar-refractivity contribution in [3.05, 3.63) is 23.8 Å². The molecule has 0 heterocycles. The first kappa shape index (κ1) is 8.63. The highest BCUT2D eigenvalue weighted by Crippen LogP contribution is 2.26. The van der Waals surface area contributed by atoms with Gasteiger partial charge in [0.15, 0.2) is 5.82 Å². The van der Waals surface area contributed by atoms with Crippen LogP contribution in [0.3, 0.4) is 0 Å². The summed E-state index contributed by atoms with van der Waals surface area (Å²) in [4.78, 5) is 0. The van der Waals surface area contributed by atoms with E-state index in [2.05, 4.69) is 0 Å². The van der Waals surface area contributed by atoms with Crippen LogP contribution < -0.4 is 11.1 Å². The minimum Gasteiger partial charge on any atom is -0.394 e. The normalized spacial score (nSPS) is 10.0. The summed E-state index contributed by atoms with van der Waals surface area (Å²) in [6, 6.07) is 1.26. The highest BCUT2D eigenvalue weighted by atomic mass is 19.4. The van der Waals surface area contributed by atoms with Crippen LogP contribution in [0.1, 0.15) is 0 Å². The van der Waals surface area contributed by atoms with E-state index in [-0.39, 0.29) is 0 Å². The monoisotopic (exact) mass is 180 g/mol. The predicted octanol–water partition coefficient (Wildman–Crippen LogP) is 2.12. The van der Waals surface area contributed by atoms with Crippen molar-refractivity contribution in [2.45, 2.75) is 0 Å². The van der Waals surface area contributed by atoms with Gasteiger partial charge in [0.25, 0.3) is 0 Å². The van der Waals surface area contributed by atoms with Crippen LogP contribution in [0.25, 0.3) is 0 Å². The molecule has 0 radical (unpaired) electrons. The first-order valence-corrected chi connectivity index (χ1v) is 2.89. The molecule has 1 aromatic carbocycles. The molecule has 0 bridgehead atoms. The van der Waals surface area contributed by atoms with Gasteiger partial charge in [-0.05, 0) is 17.5 Å². The highest BCUT2D eigenvalue weighted by molar-refractivity contribution is 5.56. The molecule has 0 saturated carbocycles. The maximum absolute atomic E-state index is 12.6. The molecule has 2 nitrogen and oxygen atoms in total. The van der Waals surface area contributed by atoms with Crippen LogP contribution in [0, 0.1) is 11.6 Å². The van der Waals surface area contributed by atoms with Gasteiger partial charge in [0.2, 0.25) is 0 Å². The molecule has 0 aromatic heterocycles. The van der Waals surface area contributed by atoms with E-state index in [0.717, 1.165) is 0 Å². The van der Waals surface area contributed by atoms with Gasteiger partial charge in [-0.3, -0.25) is 0 Å². The van der Waals surface area contributed by atoms with Gasteiger partial charge < -0.3 is 5.73 Å². The Morgan fingerprint density at radius 1 is 1.17 bits per heavy atom. The zero-order valence-corrected chi connectivity index (χ0v) is 5.69. The van der Waals surface area contributed by atoms with Crippen molar-refractivity contribution in [2.24, 2.45) is 0 Å². The molecule has 6 heteroatoms. The molecule has 0 aliphatic carbocycles. The van der Waals surface area contributed by atoms with E-state index >= 15 is 0 Å². The summed E-state index contributed by atoms with van der Waals surface area (Å²) in [5.41, 5.74) is 2.85. The molecule has 1 aromatic rings. The van der Waals surface area contributed by atoms with Crippen molar-refractivity contribution in [1.82, 2.24) is 0 Å². The zero-order chi connectivity index (χ0) is 9.30. The Labute approximate surface area is 65.1 Å². The predicted molar refractivity (Wildman–Crippen MR) is 35.5 cm³/mol. The number of nitrogen functional groups attached to an aromatic ring is 1. The fourth-order valence-electron chi connectivity index (χ4n) is 0.688. The van der Waals surface area contributed by atoms with E-state index in [4.69, 9.17) is 5.73 Å². The molecule has 2 N–H and O–H groups in total. The lowest BCUT2D eigenvalue weighted by atomic mass is 10.2. The Balaban J connectivity index is 3.27. The average molecular weight is 180 g/mol. The number of nitrogens with two attached hydrogens (primary N) is 1. The van der Waals surface area contributed by atoms with E-state index < -0.39 is 28.4 Å². The van der Waals surface area contributed by atoms with Gasteiger partial charge >= 0.3 is 0 Å². The third-order valence-electron chi connectivity index (χ3n) is 1.29. The summed E-state index contributed by atoms with van der Waals surface area (Å²) in [6.07, 6.45) is 0. The topological polar surface area (TPSA) is 29.3 Å². The van der Waals surface area contributed by atoms with Crippen molar-refractivity contribution in [3.8, 4) is 0 Å². The van der Waals surface area contributed by atoms with Crippen LogP contribution in [-0.2, 0) is 0 Å². The summed E-state index contributed by atoms with van der Waals surface area (Å²) in [5, 5.41) is -1.47. The van der Waals surface area contributed by atoms with Gasteiger partial charge in [-0.1, -0.05) is 8.96 Å². The van der Waals surface area contributed by atoms with E-state index in [0.29, 0.717) is 12.1 Å². The van der Waals surface area contributed by atoms with Crippen LogP contribution in [0.2, 0.25) is 0 Å². The summed E-state index contributed by atoms with van der Waals surface area (Å²) in [6.45, 7) is 0. The van der Waals surface area contributed by atoms with E-state index in [1.807, 2.05) is 0 Å². The number of anilines is 2. The molecule has 0 unspecified atom stereocenters. The lowest BCUT2D eigenvalue weighted by molar-refractivity contribution is 0.231. The van der Waals surface area contributed by atoms with Crippen molar-refractivity contribution < 1.29 is 17.7 Å². The number of hydrogen-bond donors (Lipinski definition) is 1. The van der Waals surface area contributed by atoms with Crippen LogP contribution in [-0.4, -0.2) is 0 Å². The maximum Gasteiger partial charge on any atom is 0.178 e. The first-order chi connectivity index (χ1) is 5.54. The molecular weight excluding hydrogens is 176 g/mol.